The van der Waals surface area contributed by atoms with Crippen LogP contribution in [0.5, 0.6) is 11.5 Å². The molecule has 0 unspecified atom stereocenters. The van der Waals surface area contributed by atoms with Gasteiger partial charge >= 0.3 is 0 Å². The first kappa shape index (κ1) is 23.3. The number of carbonyl (C=O) groups excluding carboxylic acids is 2. The molecule has 9 nitrogen and oxygen atoms in total. The molecule has 1 fully saturated rings. The van der Waals surface area contributed by atoms with Gasteiger partial charge in [-0.05, 0) is 49.2 Å². The predicted octanol–water partition coefficient (Wildman–Crippen LogP) is 3.30. The number of carbonyl (C=O) groups is 2. The number of ether oxygens (including phenoxy) is 2. The molecule has 1 saturated heterocycles. The summed E-state index contributed by atoms with van der Waals surface area (Å²) < 4.78 is 15.9. The van der Waals surface area contributed by atoms with Gasteiger partial charge in [-0.1, -0.05) is 5.16 Å². The van der Waals surface area contributed by atoms with Crippen LogP contribution >= 0.6 is 0 Å². The van der Waals surface area contributed by atoms with Crippen LogP contribution in [0.2, 0.25) is 0 Å². The SMILES string of the molecule is COc1ccc(C(=O)N(C)CCc2noc(-c3ccc(C(=O)N4CCCC4)cc3)n2)c(OC)c1. The van der Waals surface area contributed by atoms with Crippen LogP contribution in [0.1, 0.15) is 39.4 Å². The van der Waals surface area contributed by atoms with E-state index >= 15 is 0 Å². The lowest BCUT2D eigenvalue weighted by Crippen LogP contribution is -2.29. The minimum absolute atomic E-state index is 0.0523. The molecule has 34 heavy (non-hydrogen) atoms. The van der Waals surface area contributed by atoms with Crippen molar-refractivity contribution >= 4 is 11.8 Å². The second-order valence-electron chi connectivity index (χ2n) is 8.14. The second-order valence-corrected chi connectivity index (χ2v) is 8.14. The Morgan fingerprint density at radius 2 is 1.79 bits per heavy atom. The number of aromatic nitrogens is 2. The van der Waals surface area contributed by atoms with Crippen molar-refractivity contribution in [1.82, 2.24) is 19.9 Å². The fraction of sp³-hybridized carbons (Fsp3) is 0.360. The van der Waals surface area contributed by atoms with Crippen molar-refractivity contribution in [1.29, 1.82) is 0 Å². The summed E-state index contributed by atoms with van der Waals surface area (Å²) in [5, 5.41) is 4.03. The van der Waals surface area contributed by atoms with Crippen molar-refractivity contribution in [2.75, 3.05) is 40.9 Å². The largest absolute Gasteiger partial charge is 0.497 e. The second kappa shape index (κ2) is 10.4. The van der Waals surface area contributed by atoms with Crippen LogP contribution in [0.15, 0.2) is 47.0 Å². The molecule has 1 aromatic heterocycles. The van der Waals surface area contributed by atoms with Gasteiger partial charge in [-0.3, -0.25) is 9.59 Å². The molecule has 3 aromatic rings. The number of nitrogens with zero attached hydrogens (tertiary/aromatic N) is 4. The van der Waals surface area contributed by atoms with E-state index in [1.807, 2.05) is 17.0 Å². The Bertz CT molecular complexity index is 1150. The summed E-state index contributed by atoms with van der Waals surface area (Å²) in [6.45, 7) is 2.03. The number of likely N-dealkylation sites (tertiary alicyclic amines) is 1. The summed E-state index contributed by atoms with van der Waals surface area (Å²) >= 11 is 0. The molecule has 1 aliphatic rings. The van der Waals surface area contributed by atoms with Crippen LogP contribution < -0.4 is 9.47 Å². The van der Waals surface area contributed by atoms with E-state index in [1.54, 1.807) is 49.4 Å². The summed E-state index contributed by atoms with van der Waals surface area (Å²) in [4.78, 5) is 33.3. The highest BCUT2D eigenvalue weighted by molar-refractivity contribution is 5.97. The molecule has 0 saturated carbocycles. The Hall–Kier alpha value is -3.88. The lowest BCUT2D eigenvalue weighted by atomic mass is 10.1. The summed E-state index contributed by atoms with van der Waals surface area (Å²) in [7, 11) is 4.79. The quantitative estimate of drug-likeness (QED) is 0.504. The fourth-order valence-corrected chi connectivity index (χ4v) is 3.88. The Labute approximate surface area is 198 Å². The Morgan fingerprint density at radius 3 is 2.47 bits per heavy atom. The number of hydrogen-bond acceptors (Lipinski definition) is 7. The number of methoxy groups -OCH3 is 2. The first-order chi connectivity index (χ1) is 16.5. The molecular formula is C25H28N4O5. The molecule has 2 aromatic carbocycles. The zero-order chi connectivity index (χ0) is 24.1. The summed E-state index contributed by atoms with van der Waals surface area (Å²) in [5.41, 5.74) is 1.84. The minimum atomic E-state index is -0.179. The topological polar surface area (TPSA) is 98.0 Å². The van der Waals surface area contributed by atoms with Crippen molar-refractivity contribution in [3.63, 3.8) is 0 Å². The van der Waals surface area contributed by atoms with Crippen molar-refractivity contribution in [2.45, 2.75) is 19.3 Å². The van der Waals surface area contributed by atoms with E-state index < -0.39 is 0 Å². The highest BCUT2D eigenvalue weighted by atomic mass is 16.5. The first-order valence-corrected chi connectivity index (χ1v) is 11.2. The first-order valence-electron chi connectivity index (χ1n) is 11.2. The molecule has 0 atom stereocenters. The number of amides is 2. The Kier molecular flexibility index (Phi) is 7.10. The van der Waals surface area contributed by atoms with Gasteiger partial charge in [-0.2, -0.15) is 4.98 Å². The van der Waals surface area contributed by atoms with Crippen LogP contribution in [0.3, 0.4) is 0 Å². The van der Waals surface area contributed by atoms with E-state index in [0.717, 1.165) is 31.5 Å². The lowest BCUT2D eigenvalue weighted by molar-refractivity contribution is 0.0785. The van der Waals surface area contributed by atoms with Crippen molar-refractivity contribution < 1.29 is 23.6 Å². The van der Waals surface area contributed by atoms with Gasteiger partial charge in [-0.15, -0.1) is 0 Å². The molecule has 178 valence electrons. The summed E-state index contributed by atoms with van der Waals surface area (Å²) in [6, 6.07) is 12.3. The normalized spacial score (nSPS) is 13.1. The van der Waals surface area contributed by atoms with Gasteiger partial charge < -0.3 is 23.8 Å². The lowest BCUT2D eigenvalue weighted by Gasteiger charge is -2.18. The third kappa shape index (κ3) is 5.03. The molecule has 0 spiro atoms. The third-order valence-electron chi connectivity index (χ3n) is 5.90. The molecular weight excluding hydrogens is 436 g/mol. The van der Waals surface area contributed by atoms with Gasteiger partial charge in [0.2, 0.25) is 0 Å². The predicted molar refractivity (Wildman–Crippen MR) is 125 cm³/mol. The van der Waals surface area contributed by atoms with Gasteiger partial charge in [0.25, 0.3) is 17.7 Å². The number of likely N-dealkylation sites (N-methyl/N-ethyl adjacent to an activating group) is 1. The van der Waals surface area contributed by atoms with Gasteiger partial charge in [0.05, 0.1) is 19.8 Å². The van der Waals surface area contributed by atoms with Gasteiger partial charge in [0, 0.05) is 50.3 Å². The average Bonchev–Trinajstić information content (AvgIpc) is 3.59. The summed E-state index contributed by atoms with van der Waals surface area (Å²) in [5.74, 6) is 1.81. The maximum atomic E-state index is 12.9. The molecule has 2 heterocycles. The molecule has 0 radical (unpaired) electrons. The van der Waals surface area contributed by atoms with E-state index in [1.165, 1.54) is 7.11 Å². The Balaban J connectivity index is 1.36. The molecule has 0 N–H and O–H groups in total. The van der Waals surface area contributed by atoms with Crippen molar-refractivity contribution in [3.05, 3.63) is 59.4 Å². The van der Waals surface area contributed by atoms with E-state index in [4.69, 9.17) is 14.0 Å². The Morgan fingerprint density at radius 1 is 1.06 bits per heavy atom. The van der Waals surface area contributed by atoms with Crippen LogP contribution in [-0.2, 0) is 6.42 Å². The monoisotopic (exact) mass is 464 g/mol. The zero-order valence-electron chi connectivity index (χ0n) is 19.6. The van der Waals surface area contributed by atoms with Crippen LogP contribution in [-0.4, -0.2) is 72.7 Å². The third-order valence-corrected chi connectivity index (χ3v) is 5.90. The van der Waals surface area contributed by atoms with Crippen LogP contribution in [0.25, 0.3) is 11.5 Å². The van der Waals surface area contributed by atoms with E-state index in [9.17, 15) is 9.59 Å². The number of rotatable bonds is 8. The summed E-state index contributed by atoms with van der Waals surface area (Å²) in [6.07, 6.45) is 2.54. The highest BCUT2D eigenvalue weighted by Crippen LogP contribution is 2.26. The number of benzene rings is 2. The molecule has 4 rings (SSSR count). The van der Waals surface area contributed by atoms with E-state index in [0.29, 0.717) is 47.3 Å². The minimum Gasteiger partial charge on any atom is -0.497 e. The average molecular weight is 465 g/mol. The van der Waals surface area contributed by atoms with Crippen molar-refractivity contribution in [2.24, 2.45) is 0 Å². The smallest absolute Gasteiger partial charge is 0.257 e. The van der Waals surface area contributed by atoms with Crippen LogP contribution in [0, 0.1) is 0 Å². The zero-order valence-corrected chi connectivity index (χ0v) is 19.6. The molecule has 2 amide bonds. The van der Waals surface area contributed by atoms with Crippen molar-refractivity contribution in [3.8, 4) is 23.0 Å². The number of hydrogen-bond donors (Lipinski definition) is 0. The molecule has 9 heteroatoms. The van der Waals surface area contributed by atoms with Gasteiger partial charge in [-0.25, -0.2) is 0 Å². The standard InChI is InChI=1S/C25H28N4O5/c1-28(25(31)20-11-10-19(32-2)16-21(20)33-3)15-12-22-26-23(34-27-22)17-6-8-18(9-7-17)24(30)29-13-4-5-14-29/h6-11,16H,4-5,12-15H2,1-3H3. The molecule has 1 aliphatic heterocycles. The maximum Gasteiger partial charge on any atom is 0.257 e. The van der Waals surface area contributed by atoms with Gasteiger partial charge in [0.1, 0.15) is 11.5 Å². The van der Waals surface area contributed by atoms with Crippen LogP contribution in [0.4, 0.5) is 0 Å². The maximum absolute atomic E-state index is 12.9. The van der Waals surface area contributed by atoms with E-state index in [2.05, 4.69) is 10.1 Å². The molecule has 0 aliphatic carbocycles. The molecule has 0 bridgehead atoms. The fourth-order valence-electron chi connectivity index (χ4n) is 3.88. The highest BCUT2D eigenvalue weighted by Gasteiger charge is 2.20. The van der Waals surface area contributed by atoms with E-state index in [-0.39, 0.29) is 11.8 Å². The van der Waals surface area contributed by atoms with Gasteiger partial charge in [0.15, 0.2) is 5.82 Å².